The number of amides is 2. The maximum absolute atomic E-state index is 12.8. The number of rotatable bonds is 5. The Morgan fingerprint density at radius 2 is 1.68 bits per heavy atom. The molecule has 0 saturated carbocycles. The number of pyridine rings is 1. The Morgan fingerprint density at radius 3 is 2.45 bits per heavy atom. The molecule has 154 valence electrons. The number of hydrogen-bond donors (Lipinski definition) is 2. The van der Waals surface area contributed by atoms with Gasteiger partial charge in [-0.3, -0.25) is 14.6 Å². The molecule has 1 aromatic heterocycles. The highest BCUT2D eigenvalue weighted by Crippen LogP contribution is 2.28. The van der Waals surface area contributed by atoms with E-state index in [2.05, 4.69) is 31.5 Å². The smallest absolute Gasteiger partial charge is 0.269 e. The molecule has 31 heavy (non-hydrogen) atoms. The first kappa shape index (κ1) is 20.6. The topological polar surface area (TPSA) is 80.3 Å². The van der Waals surface area contributed by atoms with E-state index in [-0.39, 0.29) is 17.5 Å². The van der Waals surface area contributed by atoms with Crippen LogP contribution in [0.25, 0.3) is 10.8 Å². The second kappa shape index (κ2) is 8.97. The van der Waals surface area contributed by atoms with Gasteiger partial charge in [0.2, 0.25) is 0 Å². The molecule has 4 rings (SSSR count). The molecule has 0 saturated heterocycles. The molecular weight excluding hydrogens is 458 g/mol. The molecular formula is C24H18BrN3O3. The third-order valence-corrected chi connectivity index (χ3v) is 5.15. The Kier molecular flexibility index (Phi) is 5.95. The molecule has 0 spiro atoms. The third kappa shape index (κ3) is 4.73. The number of nitrogens with one attached hydrogen (secondary N) is 2. The predicted molar refractivity (Wildman–Crippen MR) is 124 cm³/mol. The van der Waals surface area contributed by atoms with Crippen molar-refractivity contribution in [3.63, 3.8) is 0 Å². The van der Waals surface area contributed by atoms with Crippen LogP contribution < -0.4 is 15.4 Å². The molecule has 0 bridgehead atoms. The molecule has 2 N–H and O–H groups in total. The first-order valence-electron chi connectivity index (χ1n) is 9.49. The van der Waals surface area contributed by atoms with Crippen LogP contribution in [0.4, 0.5) is 5.69 Å². The fourth-order valence-corrected chi connectivity index (χ4v) is 3.38. The quantitative estimate of drug-likeness (QED) is 0.404. The molecule has 3 aromatic carbocycles. The first-order chi connectivity index (χ1) is 15.0. The van der Waals surface area contributed by atoms with Crippen molar-refractivity contribution in [3.8, 4) is 11.5 Å². The summed E-state index contributed by atoms with van der Waals surface area (Å²) in [5.74, 6) is 0.612. The zero-order valence-electron chi connectivity index (χ0n) is 16.6. The van der Waals surface area contributed by atoms with Crippen LogP contribution in [0.1, 0.15) is 20.8 Å². The molecule has 2 amide bonds. The molecule has 0 aliphatic rings. The number of hydrogen-bond acceptors (Lipinski definition) is 4. The van der Waals surface area contributed by atoms with Crippen LogP contribution in [-0.4, -0.2) is 23.8 Å². The number of carbonyl (C=O) groups is 2. The van der Waals surface area contributed by atoms with Crippen LogP contribution in [0.2, 0.25) is 0 Å². The number of benzene rings is 3. The fraction of sp³-hybridized carbons (Fsp3) is 0.0417. The summed E-state index contributed by atoms with van der Waals surface area (Å²) in [6, 6.07) is 21.7. The summed E-state index contributed by atoms with van der Waals surface area (Å²) >= 11 is 3.39. The molecule has 0 fully saturated rings. The van der Waals surface area contributed by atoms with Crippen molar-refractivity contribution in [2.75, 3.05) is 12.4 Å². The Morgan fingerprint density at radius 1 is 0.903 bits per heavy atom. The van der Waals surface area contributed by atoms with Crippen molar-refractivity contribution in [1.29, 1.82) is 0 Å². The minimum atomic E-state index is -0.287. The van der Waals surface area contributed by atoms with Crippen molar-refractivity contribution in [2.24, 2.45) is 0 Å². The van der Waals surface area contributed by atoms with Crippen LogP contribution in [0.3, 0.4) is 0 Å². The Labute approximate surface area is 187 Å². The number of halogens is 1. The van der Waals surface area contributed by atoms with E-state index in [0.717, 1.165) is 20.9 Å². The fourth-order valence-electron chi connectivity index (χ4n) is 3.12. The third-order valence-electron chi connectivity index (χ3n) is 4.63. The van der Waals surface area contributed by atoms with E-state index in [4.69, 9.17) is 4.74 Å². The number of fused-ring (bicyclic) bond motifs is 1. The highest BCUT2D eigenvalue weighted by atomic mass is 79.9. The highest BCUT2D eigenvalue weighted by molar-refractivity contribution is 9.10. The number of aromatic nitrogens is 1. The molecule has 0 unspecified atom stereocenters. The molecule has 0 radical (unpaired) electrons. The summed E-state index contributed by atoms with van der Waals surface area (Å²) in [7, 11) is 1.55. The zero-order valence-corrected chi connectivity index (χ0v) is 18.1. The normalized spacial score (nSPS) is 10.5. The summed E-state index contributed by atoms with van der Waals surface area (Å²) in [5.41, 5.74) is 1.56. The monoisotopic (exact) mass is 475 g/mol. The van der Waals surface area contributed by atoms with Gasteiger partial charge in [-0.2, -0.15) is 0 Å². The summed E-state index contributed by atoms with van der Waals surface area (Å²) < 4.78 is 6.85. The van der Waals surface area contributed by atoms with Crippen molar-refractivity contribution in [1.82, 2.24) is 10.3 Å². The lowest BCUT2D eigenvalue weighted by Gasteiger charge is -2.11. The Balaban J connectivity index is 1.59. The average molecular weight is 476 g/mol. The van der Waals surface area contributed by atoms with Gasteiger partial charge in [0.1, 0.15) is 17.2 Å². The van der Waals surface area contributed by atoms with E-state index in [9.17, 15) is 9.59 Å². The first-order valence-corrected chi connectivity index (χ1v) is 10.3. The van der Waals surface area contributed by atoms with E-state index in [1.165, 1.54) is 6.20 Å². The molecule has 0 atom stereocenters. The van der Waals surface area contributed by atoms with Crippen molar-refractivity contribution in [2.45, 2.75) is 0 Å². The lowest BCUT2D eigenvalue weighted by molar-refractivity contribution is 0.0957. The predicted octanol–water partition coefficient (Wildman–Crippen LogP) is 5.40. The van der Waals surface area contributed by atoms with Gasteiger partial charge in [0.25, 0.3) is 11.8 Å². The summed E-state index contributed by atoms with van der Waals surface area (Å²) in [4.78, 5) is 28.6. The molecule has 1 heterocycles. The van der Waals surface area contributed by atoms with Crippen molar-refractivity contribution < 1.29 is 14.3 Å². The van der Waals surface area contributed by atoms with Crippen LogP contribution in [-0.2, 0) is 0 Å². The number of nitrogens with zero attached hydrogens (tertiary/aromatic N) is 1. The average Bonchev–Trinajstić information content (AvgIpc) is 2.79. The maximum atomic E-state index is 12.8. The summed E-state index contributed by atoms with van der Waals surface area (Å²) in [6.45, 7) is 0. The van der Waals surface area contributed by atoms with E-state index in [0.29, 0.717) is 17.1 Å². The van der Waals surface area contributed by atoms with Crippen molar-refractivity contribution >= 4 is 44.2 Å². The van der Waals surface area contributed by atoms with E-state index in [1.54, 1.807) is 31.3 Å². The van der Waals surface area contributed by atoms with Crippen LogP contribution in [0.5, 0.6) is 11.5 Å². The lowest BCUT2D eigenvalue weighted by Crippen LogP contribution is -2.18. The van der Waals surface area contributed by atoms with Gasteiger partial charge in [0.15, 0.2) is 0 Å². The lowest BCUT2D eigenvalue weighted by atomic mass is 10.0. The minimum absolute atomic E-state index is 0.189. The highest BCUT2D eigenvalue weighted by Gasteiger charge is 2.12. The Bertz CT molecular complexity index is 1270. The van der Waals surface area contributed by atoms with Gasteiger partial charge in [-0.15, -0.1) is 0 Å². The second-order valence-corrected chi connectivity index (χ2v) is 7.62. The molecule has 6 nitrogen and oxygen atoms in total. The maximum Gasteiger partial charge on any atom is 0.269 e. The molecule has 0 aliphatic carbocycles. The molecule has 4 aromatic rings. The largest absolute Gasteiger partial charge is 0.457 e. The van der Waals surface area contributed by atoms with Crippen LogP contribution >= 0.6 is 15.9 Å². The number of carbonyl (C=O) groups excluding carboxylic acids is 2. The van der Waals surface area contributed by atoms with Crippen molar-refractivity contribution in [3.05, 3.63) is 94.7 Å². The van der Waals surface area contributed by atoms with Gasteiger partial charge in [-0.25, -0.2) is 0 Å². The van der Waals surface area contributed by atoms with Crippen LogP contribution in [0, 0.1) is 0 Å². The Hall–Kier alpha value is -3.71. The van der Waals surface area contributed by atoms with E-state index < -0.39 is 0 Å². The van der Waals surface area contributed by atoms with Gasteiger partial charge < -0.3 is 15.4 Å². The minimum Gasteiger partial charge on any atom is -0.457 e. The van der Waals surface area contributed by atoms with Gasteiger partial charge >= 0.3 is 0 Å². The number of anilines is 1. The molecule has 0 aliphatic heterocycles. The summed E-state index contributed by atoms with van der Waals surface area (Å²) in [5, 5.41) is 7.13. The summed E-state index contributed by atoms with van der Waals surface area (Å²) in [6.07, 6.45) is 1.52. The standard InChI is InChI=1S/C24H18BrN3O3/c1-26-24(30)22-14-19(11-12-27-22)31-18-9-10-20-15(13-18)3-2-4-21(20)23(29)28-17-7-5-16(25)6-8-17/h2-14H,1H3,(H,26,30)(H,28,29). The van der Waals surface area contributed by atoms with Crippen LogP contribution in [0.15, 0.2) is 83.5 Å². The van der Waals surface area contributed by atoms with Gasteiger partial charge in [0.05, 0.1) is 0 Å². The van der Waals surface area contributed by atoms with E-state index in [1.807, 2.05) is 48.5 Å². The van der Waals surface area contributed by atoms with Gasteiger partial charge in [-0.1, -0.05) is 28.1 Å². The number of ether oxygens (including phenoxy) is 1. The zero-order chi connectivity index (χ0) is 21.8. The van der Waals surface area contributed by atoms with Gasteiger partial charge in [0, 0.05) is 35.0 Å². The second-order valence-electron chi connectivity index (χ2n) is 6.71. The SMILES string of the molecule is CNC(=O)c1cc(Oc2ccc3c(C(=O)Nc4ccc(Br)cc4)cccc3c2)ccn1. The van der Waals surface area contributed by atoms with E-state index >= 15 is 0 Å². The van der Waals surface area contributed by atoms with Gasteiger partial charge in [-0.05, 0) is 65.4 Å². The molecule has 7 heteroatoms.